The van der Waals surface area contributed by atoms with Crippen molar-refractivity contribution in [2.45, 2.75) is 19.5 Å². The molecule has 4 heteroatoms. The van der Waals surface area contributed by atoms with Crippen LogP contribution in [0.3, 0.4) is 0 Å². The summed E-state index contributed by atoms with van der Waals surface area (Å²) in [5.74, 6) is 0.903. The van der Waals surface area contributed by atoms with Gasteiger partial charge in [-0.1, -0.05) is 12.1 Å². The lowest BCUT2D eigenvalue weighted by Gasteiger charge is -2.11. The molecule has 0 spiro atoms. The second-order valence-corrected chi connectivity index (χ2v) is 7.39. The molecule has 0 N–H and O–H groups in total. The van der Waals surface area contributed by atoms with E-state index in [1.54, 1.807) is 11.3 Å². The average Bonchev–Trinajstić information content (AvgIpc) is 2.84. The molecule has 1 aromatic heterocycles. The largest absolute Gasteiger partial charge is 0.546 e. The van der Waals surface area contributed by atoms with Crippen LogP contribution in [0.1, 0.15) is 5.56 Å². The molecular weight excluding hydrogens is 258 g/mol. The quantitative estimate of drug-likeness (QED) is 0.596. The molecule has 0 unspecified atom stereocenters. The zero-order chi connectivity index (χ0) is 12.8. The van der Waals surface area contributed by atoms with Gasteiger partial charge in [0.05, 0.1) is 0 Å². The van der Waals surface area contributed by atoms with Crippen LogP contribution in [-0.2, 0) is 6.42 Å². The van der Waals surface area contributed by atoms with Crippen molar-refractivity contribution in [3.63, 3.8) is 0 Å². The van der Waals surface area contributed by atoms with Gasteiger partial charge in [0.1, 0.15) is 11.4 Å². The van der Waals surface area contributed by atoms with Crippen molar-refractivity contribution in [2.75, 3.05) is 0 Å². The Morgan fingerprint density at radius 2 is 2.11 bits per heavy atom. The molecule has 0 atom stereocenters. The van der Waals surface area contributed by atoms with Crippen molar-refractivity contribution in [2.24, 2.45) is 4.99 Å². The van der Waals surface area contributed by atoms with Crippen LogP contribution in [0.5, 0.6) is 5.75 Å². The van der Waals surface area contributed by atoms with E-state index in [0.717, 1.165) is 17.9 Å². The molecule has 1 aromatic carbocycles. The topological polar surface area (TPSA) is 21.6 Å². The summed E-state index contributed by atoms with van der Waals surface area (Å²) >= 11 is 1.72. The minimum absolute atomic E-state index is 0.872. The van der Waals surface area contributed by atoms with Gasteiger partial charge in [-0.05, 0) is 47.6 Å². The van der Waals surface area contributed by atoms with E-state index in [2.05, 4.69) is 34.9 Å². The maximum absolute atomic E-state index is 5.86. The SMILES string of the molecule is C[SiH](C)Oc1ccccc1N=CCc1ccsc1. The molecule has 2 aromatic rings. The van der Waals surface area contributed by atoms with E-state index in [-0.39, 0.29) is 0 Å². The van der Waals surface area contributed by atoms with E-state index in [1.807, 2.05) is 30.5 Å². The molecule has 0 aliphatic rings. The number of thiophene rings is 1. The van der Waals surface area contributed by atoms with E-state index >= 15 is 0 Å². The first-order chi connectivity index (χ1) is 8.75. The second kappa shape index (κ2) is 6.52. The summed E-state index contributed by atoms with van der Waals surface area (Å²) in [6, 6.07) is 10.1. The standard InChI is InChI=1S/C14H17NOSSi/c1-18(2)16-14-6-4-3-5-13(14)15-9-7-12-8-10-17-11-12/h3-6,8-11,18H,7H2,1-2H3. The molecule has 0 radical (unpaired) electrons. The number of nitrogens with zero attached hydrogens (tertiary/aromatic N) is 1. The van der Waals surface area contributed by atoms with Crippen LogP contribution in [0.15, 0.2) is 46.1 Å². The predicted molar refractivity (Wildman–Crippen MR) is 82.1 cm³/mol. The van der Waals surface area contributed by atoms with Crippen molar-refractivity contribution in [3.05, 3.63) is 46.7 Å². The number of aliphatic imine (C=N–C) groups is 1. The Bertz CT molecular complexity index is 508. The van der Waals surface area contributed by atoms with Crippen LogP contribution >= 0.6 is 11.3 Å². The van der Waals surface area contributed by atoms with Gasteiger partial charge in [0.15, 0.2) is 0 Å². The van der Waals surface area contributed by atoms with Crippen LogP contribution in [0.4, 0.5) is 5.69 Å². The first-order valence-corrected chi connectivity index (χ1v) is 9.77. The molecule has 94 valence electrons. The van der Waals surface area contributed by atoms with Crippen LogP contribution in [0, 0.1) is 0 Å². The number of benzene rings is 1. The summed E-state index contributed by atoms with van der Waals surface area (Å²) in [6.45, 7) is 4.32. The number of hydrogen-bond donors (Lipinski definition) is 0. The van der Waals surface area contributed by atoms with Crippen LogP contribution in [0.25, 0.3) is 0 Å². The lowest BCUT2D eigenvalue weighted by molar-refractivity contribution is 0.582. The molecular formula is C14H17NOSSi. The Morgan fingerprint density at radius 3 is 2.83 bits per heavy atom. The summed E-state index contributed by atoms with van der Waals surface area (Å²) in [5.41, 5.74) is 2.23. The molecule has 0 bridgehead atoms. The Kier molecular flexibility index (Phi) is 4.72. The summed E-state index contributed by atoms with van der Waals surface area (Å²) < 4.78 is 5.86. The van der Waals surface area contributed by atoms with Crippen LogP contribution < -0.4 is 4.43 Å². The summed E-state index contributed by atoms with van der Waals surface area (Å²) in [4.78, 5) is 4.51. The minimum Gasteiger partial charge on any atom is -0.546 e. The Labute approximate surface area is 114 Å². The molecule has 0 fully saturated rings. The maximum Gasteiger partial charge on any atom is 0.229 e. The minimum atomic E-state index is -1.08. The molecule has 0 aliphatic heterocycles. The van der Waals surface area contributed by atoms with Gasteiger partial charge in [-0.25, -0.2) is 0 Å². The normalized spacial score (nSPS) is 11.3. The highest BCUT2D eigenvalue weighted by Gasteiger charge is 2.03. The average molecular weight is 275 g/mol. The fourth-order valence-corrected chi connectivity index (χ4v) is 2.96. The number of rotatable bonds is 5. The lowest BCUT2D eigenvalue weighted by Crippen LogP contribution is -2.11. The molecule has 2 rings (SSSR count). The third-order valence-corrected chi connectivity index (χ3v) is 3.82. The van der Waals surface area contributed by atoms with Gasteiger partial charge in [-0.15, -0.1) is 0 Å². The molecule has 0 amide bonds. The number of hydrogen-bond acceptors (Lipinski definition) is 3. The highest BCUT2D eigenvalue weighted by molar-refractivity contribution is 7.07. The van der Waals surface area contributed by atoms with Gasteiger partial charge < -0.3 is 4.43 Å². The van der Waals surface area contributed by atoms with Crippen molar-refractivity contribution in [3.8, 4) is 5.75 Å². The highest BCUT2D eigenvalue weighted by Crippen LogP contribution is 2.27. The Morgan fingerprint density at radius 1 is 1.28 bits per heavy atom. The van der Waals surface area contributed by atoms with Crippen LogP contribution in [-0.4, -0.2) is 15.3 Å². The molecule has 0 saturated carbocycles. The van der Waals surface area contributed by atoms with Gasteiger partial charge in [-0.3, -0.25) is 4.99 Å². The monoisotopic (exact) mass is 275 g/mol. The van der Waals surface area contributed by atoms with Gasteiger partial charge >= 0.3 is 0 Å². The smallest absolute Gasteiger partial charge is 0.229 e. The van der Waals surface area contributed by atoms with Gasteiger partial charge in [0.25, 0.3) is 0 Å². The van der Waals surface area contributed by atoms with Gasteiger partial charge in [-0.2, -0.15) is 11.3 Å². The van der Waals surface area contributed by atoms with Crippen LogP contribution in [0.2, 0.25) is 13.1 Å². The Hall–Kier alpha value is -1.39. The van der Waals surface area contributed by atoms with Gasteiger partial charge in [0.2, 0.25) is 9.04 Å². The maximum atomic E-state index is 5.86. The zero-order valence-electron chi connectivity index (χ0n) is 10.7. The van der Waals surface area contributed by atoms with Crippen molar-refractivity contribution < 1.29 is 4.43 Å². The third kappa shape index (κ3) is 3.82. The van der Waals surface area contributed by atoms with Crippen molar-refractivity contribution in [1.82, 2.24) is 0 Å². The summed E-state index contributed by atoms with van der Waals surface area (Å²) in [7, 11) is -1.08. The van der Waals surface area contributed by atoms with E-state index in [9.17, 15) is 0 Å². The fourth-order valence-electron chi connectivity index (χ4n) is 1.58. The zero-order valence-corrected chi connectivity index (χ0v) is 12.6. The summed E-state index contributed by atoms with van der Waals surface area (Å²) in [6.07, 6.45) is 2.82. The lowest BCUT2D eigenvalue weighted by atomic mass is 10.2. The molecule has 2 nitrogen and oxygen atoms in total. The highest BCUT2D eigenvalue weighted by atomic mass is 32.1. The van der Waals surface area contributed by atoms with Gasteiger partial charge in [0, 0.05) is 12.6 Å². The molecule has 0 saturated heterocycles. The Balaban J connectivity index is 2.06. The van der Waals surface area contributed by atoms with Crippen molar-refractivity contribution in [1.29, 1.82) is 0 Å². The van der Waals surface area contributed by atoms with E-state index < -0.39 is 9.04 Å². The van der Waals surface area contributed by atoms with E-state index in [4.69, 9.17) is 4.43 Å². The van der Waals surface area contributed by atoms with E-state index in [1.165, 1.54) is 5.56 Å². The molecule has 18 heavy (non-hydrogen) atoms. The fraction of sp³-hybridized carbons (Fsp3) is 0.214. The molecule has 1 heterocycles. The van der Waals surface area contributed by atoms with E-state index in [0.29, 0.717) is 0 Å². The predicted octanol–water partition coefficient (Wildman–Crippen LogP) is 4.06. The first kappa shape index (κ1) is 13.0. The molecule has 0 aliphatic carbocycles. The second-order valence-electron chi connectivity index (χ2n) is 4.28. The first-order valence-electron chi connectivity index (χ1n) is 6.05. The van der Waals surface area contributed by atoms with Crippen molar-refractivity contribution >= 4 is 32.3 Å². The number of para-hydroxylation sites is 2. The summed E-state index contributed by atoms with van der Waals surface area (Å²) in [5, 5.41) is 4.24. The third-order valence-electron chi connectivity index (χ3n) is 2.37.